The lowest BCUT2D eigenvalue weighted by atomic mass is 9.96. The minimum Gasteiger partial charge on any atom is -0.508 e. The number of aromatic hydroxyl groups is 1. The molecule has 0 saturated heterocycles. The Kier molecular flexibility index (Phi) is 3.68. The predicted molar refractivity (Wildman–Crippen MR) is 72.7 cm³/mol. The maximum absolute atomic E-state index is 10.3. The Morgan fingerprint density at radius 1 is 1.06 bits per heavy atom. The lowest BCUT2D eigenvalue weighted by molar-refractivity contribution is 0.177. The minimum absolute atomic E-state index is 0.236. The number of benzene rings is 2. The zero-order valence-corrected chi connectivity index (χ0v) is 10.7. The van der Waals surface area contributed by atoms with Crippen LogP contribution in [0.5, 0.6) is 5.75 Å². The van der Waals surface area contributed by atoms with E-state index in [1.165, 1.54) is 5.56 Å². The Morgan fingerprint density at radius 3 is 2.50 bits per heavy atom. The van der Waals surface area contributed by atoms with Crippen molar-refractivity contribution in [3.63, 3.8) is 0 Å². The Hall–Kier alpha value is -1.80. The molecule has 2 aromatic carbocycles. The maximum atomic E-state index is 10.3. The zero-order chi connectivity index (χ0) is 13.1. The van der Waals surface area contributed by atoms with Crippen LogP contribution in [0.4, 0.5) is 0 Å². The van der Waals surface area contributed by atoms with Gasteiger partial charge in [0.1, 0.15) is 5.75 Å². The summed E-state index contributed by atoms with van der Waals surface area (Å²) in [4.78, 5) is 0. The maximum Gasteiger partial charge on any atom is 0.115 e. The van der Waals surface area contributed by atoms with Gasteiger partial charge in [0.15, 0.2) is 0 Å². The minimum atomic E-state index is -0.535. The Bertz CT molecular complexity index is 547. The number of aliphatic hydroxyl groups excluding tert-OH is 1. The van der Waals surface area contributed by atoms with Crippen LogP contribution in [0.2, 0.25) is 0 Å². The van der Waals surface area contributed by atoms with Crippen LogP contribution in [-0.2, 0) is 6.42 Å². The molecule has 0 heterocycles. The quantitative estimate of drug-likeness (QED) is 0.867. The SMILES string of the molecule is Cc1ccc(C(O)Cc2cccc(O)c2)c(C)c1. The highest BCUT2D eigenvalue weighted by molar-refractivity contribution is 5.34. The van der Waals surface area contributed by atoms with Crippen molar-refractivity contribution in [1.82, 2.24) is 0 Å². The second-order valence-corrected chi connectivity index (χ2v) is 4.75. The molecule has 1 atom stereocenters. The number of phenolic OH excluding ortho intramolecular Hbond substituents is 1. The molecule has 2 heteroatoms. The number of hydrogen-bond acceptors (Lipinski definition) is 2. The van der Waals surface area contributed by atoms with Gasteiger partial charge in [0.25, 0.3) is 0 Å². The summed E-state index contributed by atoms with van der Waals surface area (Å²) in [5.41, 5.74) is 4.18. The Labute approximate surface area is 108 Å². The normalized spacial score (nSPS) is 12.4. The molecule has 94 valence electrons. The van der Waals surface area contributed by atoms with Crippen LogP contribution in [0, 0.1) is 13.8 Å². The van der Waals surface area contributed by atoms with Crippen LogP contribution in [-0.4, -0.2) is 10.2 Å². The van der Waals surface area contributed by atoms with Gasteiger partial charge in [0, 0.05) is 6.42 Å². The van der Waals surface area contributed by atoms with Gasteiger partial charge in [0.2, 0.25) is 0 Å². The van der Waals surface area contributed by atoms with Crippen LogP contribution >= 0.6 is 0 Å². The van der Waals surface area contributed by atoms with Crippen LogP contribution in [0.15, 0.2) is 42.5 Å². The van der Waals surface area contributed by atoms with E-state index in [0.717, 1.165) is 16.7 Å². The van der Waals surface area contributed by atoms with Crippen molar-refractivity contribution < 1.29 is 10.2 Å². The number of aryl methyl sites for hydroxylation is 2. The molecule has 0 amide bonds. The third kappa shape index (κ3) is 2.90. The first-order valence-corrected chi connectivity index (χ1v) is 6.09. The fourth-order valence-electron chi connectivity index (χ4n) is 2.22. The van der Waals surface area contributed by atoms with Gasteiger partial charge in [-0.05, 0) is 42.7 Å². The molecule has 0 saturated carbocycles. The molecule has 0 aromatic heterocycles. The fraction of sp³-hybridized carbons (Fsp3) is 0.250. The number of rotatable bonds is 3. The highest BCUT2D eigenvalue weighted by Crippen LogP contribution is 2.23. The van der Waals surface area contributed by atoms with Crippen molar-refractivity contribution in [2.24, 2.45) is 0 Å². The average molecular weight is 242 g/mol. The summed E-state index contributed by atoms with van der Waals surface area (Å²) in [6, 6.07) is 13.1. The van der Waals surface area contributed by atoms with Crippen LogP contribution < -0.4 is 0 Å². The molecule has 0 radical (unpaired) electrons. The first-order chi connectivity index (χ1) is 8.56. The summed E-state index contributed by atoms with van der Waals surface area (Å²) in [5.74, 6) is 0.236. The van der Waals surface area contributed by atoms with Gasteiger partial charge >= 0.3 is 0 Å². The van der Waals surface area contributed by atoms with Gasteiger partial charge in [0.05, 0.1) is 6.10 Å². The van der Waals surface area contributed by atoms with Gasteiger partial charge < -0.3 is 10.2 Å². The Balaban J connectivity index is 2.19. The first kappa shape index (κ1) is 12.7. The molecule has 18 heavy (non-hydrogen) atoms. The molecule has 2 nitrogen and oxygen atoms in total. The zero-order valence-electron chi connectivity index (χ0n) is 10.7. The molecule has 0 aliphatic rings. The van der Waals surface area contributed by atoms with E-state index < -0.39 is 6.10 Å². The standard InChI is InChI=1S/C16H18O2/c1-11-6-7-15(12(2)8-11)16(18)10-13-4-3-5-14(17)9-13/h3-9,16-18H,10H2,1-2H3. The summed E-state index contributed by atoms with van der Waals surface area (Å²) >= 11 is 0. The topological polar surface area (TPSA) is 40.5 Å². The van der Waals surface area contributed by atoms with Crippen molar-refractivity contribution in [2.75, 3.05) is 0 Å². The number of aliphatic hydroxyl groups is 1. The third-order valence-electron chi connectivity index (χ3n) is 3.12. The number of hydrogen-bond donors (Lipinski definition) is 2. The van der Waals surface area contributed by atoms with E-state index in [4.69, 9.17) is 0 Å². The largest absolute Gasteiger partial charge is 0.508 e. The van der Waals surface area contributed by atoms with E-state index >= 15 is 0 Å². The van der Waals surface area contributed by atoms with E-state index in [1.807, 2.05) is 32.0 Å². The lowest BCUT2D eigenvalue weighted by Gasteiger charge is -2.14. The van der Waals surface area contributed by atoms with Crippen LogP contribution in [0.3, 0.4) is 0 Å². The monoisotopic (exact) mass is 242 g/mol. The van der Waals surface area contributed by atoms with E-state index in [0.29, 0.717) is 6.42 Å². The summed E-state index contributed by atoms with van der Waals surface area (Å²) in [6.45, 7) is 4.05. The summed E-state index contributed by atoms with van der Waals surface area (Å²) in [5, 5.41) is 19.7. The van der Waals surface area contributed by atoms with Gasteiger partial charge in [-0.3, -0.25) is 0 Å². The van der Waals surface area contributed by atoms with Gasteiger partial charge in [-0.25, -0.2) is 0 Å². The highest BCUT2D eigenvalue weighted by Gasteiger charge is 2.11. The van der Waals surface area contributed by atoms with Crippen molar-refractivity contribution in [2.45, 2.75) is 26.4 Å². The van der Waals surface area contributed by atoms with E-state index in [9.17, 15) is 10.2 Å². The van der Waals surface area contributed by atoms with Crippen molar-refractivity contribution in [1.29, 1.82) is 0 Å². The summed E-state index contributed by atoms with van der Waals surface area (Å²) < 4.78 is 0. The third-order valence-corrected chi connectivity index (χ3v) is 3.12. The second kappa shape index (κ2) is 5.23. The molecule has 2 N–H and O–H groups in total. The summed E-state index contributed by atoms with van der Waals surface area (Å²) in [7, 11) is 0. The molecule has 1 unspecified atom stereocenters. The molecule has 0 aliphatic carbocycles. The molecule has 2 aromatic rings. The van der Waals surface area contributed by atoms with Crippen molar-refractivity contribution >= 4 is 0 Å². The number of phenols is 1. The van der Waals surface area contributed by atoms with Gasteiger partial charge in [-0.2, -0.15) is 0 Å². The van der Waals surface area contributed by atoms with Crippen LogP contribution in [0.1, 0.15) is 28.4 Å². The molecule has 0 fully saturated rings. The van der Waals surface area contributed by atoms with Gasteiger partial charge in [-0.1, -0.05) is 35.9 Å². The van der Waals surface area contributed by atoms with Gasteiger partial charge in [-0.15, -0.1) is 0 Å². The molecule has 0 spiro atoms. The van der Waals surface area contributed by atoms with Crippen molar-refractivity contribution in [3.05, 3.63) is 64.7 Å². The average Bonchev–Trinajstić information content (AvgIpc) is 2.28. The molecule has 0 aliphatic heterocycles. The second-order valence-electron chi connectivity index (χ2n) is 4.75. The predicted octanol–water partition coefficient (Wildman–Crippen LogP) is 3.29. The first-order valence-electron chi connectivity index (χ1n) is 6.09. The molecule has 0 bridgehead atoms. The lowest BCUT2D eigenvalue weighted by Crippen LogP contribution is -2.04. The highest BCUT2D eigenvalue weighted by atomic mass is 16.3. The molecule has 2 rings (SSSR count). The van der Waals surface area contributed by atoms with E-state index in [1.54, 1.807) is 18.2 Å². The van der Waals surface area contributed by atoms with Crippen LogP contribution in [0.25, 0.3) is 0 Å². The van der Waals surface area contributed by atoms with E-state index in [-0.39, 0.29) is 5.75 Å². The smallest absolute Gasteiger partial charge is 0.115 e. The Morgan fingerprint density at radius 2 is 1.83 bits per heavy atom. The van der Waals surface area contributed by atoms with Crippen molar-refractivity contribution in [3.8, 4) is 5.75 Å². The summed E-state index contributed by atoms with van der Waals surface area (Å²) in [6.07, 6.45) is -0.0226. The fourth-order valence-corrected chi connectivity index (χ4v) is 2.22. The molecular formula is C16H18O2. The van der Waals surface area contributed by atoms with E-state index in [2.05, 4.69) is 6.07 Å². The molecular weight excluding hydrogens is 224 g/mol.